The van der Waals surface area contributed by atoms with E-state index in [0.717, 1.165) is 26.1 Å². The maximum atomic E-state index is 4.37. The summed E-state index contributed by atoms with van der Waals surface area (Å²) in [7, 11) is 0. The minimum atomic E-state index is 0.800. The van der Waals surface area contributed by atoms with Gasteiger partial charge in [-0.25, -0.2) is 0 Å². The first-order valence-electron chi connectivity index (χ1n) is 5.66. The van der Waals surface area contributed by atoms with Gasteiger partial charge in [-0.05, 0) is 24.9 Å². The van der Waals surface area contributed by atoms with Crippen LogP contribution in [0.2, 0.25) is 0 Å². The molecule has 0 heterocycles. The van der Waals surface area contributed by atoms with Gasteiger partial charge in [0.1, 0.15) is 0 Å². The largest absolute Gasteiger partial charge is 0.316 e. The fraction of sp³-hybridized carbons (Fsp3) is 0.462. The van der Waals surface area contributed by atoms with Gasteiger partial charge < -0.3 is 5.32 Å². The Balaban J connectivity index is 2.07. The van der Waals surface area contributed by atoms with Crippen molar-refractivity contribution in [2.24, 2.45) is 4.99 Å². The highest BCUT2D eigenvalue weighted by Crippen LogP contribution is 1.99. The molecule has 15 heavy (non-hydrogen) atoms. The first-order valence-corrected chi connectivity index (χ1v) is 5.66. The molecule has 0 spiro atoms. The fourth-order valence-electron chi connectivity index (χ4n) is 1.31. The second kappa shape index (κ2) is 8.18. The minimum Gasteiger partial charge on any atom is -0.316 e. The smallest absolute Gasteiger partial charge is 0.0635 e. The van der Waals surface area contributed by atoms with Gasteiger partial charge in [-0.1, -0.05) is 37.3 Å². The van der Waals surface area contributed by atoms with E-state index in [1.807, 2.05) is 24.4 Å². The summed E-state index contributed by atoms with van der Waals surface area (Å²) < 4.78 is 0. The number of hydrogen-bond donors (Lipinski definition) is 1. The molecule has 0 fully saturated rings. The molecule has 0 bridgehead atoms. The number of benzene rings is 1. The zero-order valence-electron chi connectivity index (χ0n) is 9.45. The molecule has 1 N–H and O–H groups in total. The van der Waals surface area contributed by atoms with E-state index >= 15 is 0 Å². The minimum absolute atomic E-state index is 0.800. The molecule has 0 aliphatic rings. The second-order valence-corrected chi connectivity index (χ2v) is 3.55. The zero-order valence-corrected chi connectivity index (χ0v) is 9.45. The third kappa shape index (κ3) is 6.02. The van der Waals surface area contributed by atoms with Gasteiger partial charge in [0.2, 0.25) is 0 Å². The fourth-order valence-corrected chi connectivity index (χ4v) is 1.31. The third-order valence-corrected chi connectivity index (χ3v) is 2.12. The average Bonchev–Trinajstić information content (AvgIpc) is 2.29. The van der Waals surface area contributed by atoms with Crippen molar-refractivity contribution in [1.29, 1.82) is 0 Å². The van der Waals surface area contributed by atoms with Crippen LogP contribution < -0.4 is 5.32 Å². The second-order valence-electron chi connectivity index (χ2n) is 3.55. The SMILES string of the molecule is CCCNCCC=NCc1ccccc1. The first kappa shape index (κ1) is 11.9. The summed E-state index contributed by atoms with van der Waals surface area (Å²) >= 11 is 0. The Morgan fingerprint density at radius 3 is 2.73 bits per heavy atom. The van der Waals surface area contributed by atoms with E-state index in [0.29, 0.717) is 0 Å². The molecular weight excluding hydrogens is 184 g/mol. The molecule has 82 valence electrons. The van der Waals surface area contributed by atoms with Crippen molar-refractivity contribution < 1.29 is 0 Å². The molecule has 1 rings (SSSR count). The molecule has 1 aromatic carbocycles. The molecule has 2 heteroatoms. The molecule has 0 unspecified atom stereocenters. The number of nitrogens with one attached hydrogen (secondary N) is 1. The van der Waals surface area contributed by atoms with Gasteiger partial charge in [0.05, 0.1) is 6.54 Å². The van der Waals surface area contributed by atoms with Crippen molar-refractivity contribution in [3.63, 3.8) is 0 Å². The molecule has 0 aliphatic heterocycles. The maximum absolute atomic E-state index is 4.37. The van der Waals surface area contributed by atoms with Crippen molar-refractivity contribution in [3.05, 3.63) is 35.9 Å². The summed E-state index contributed by atoms with van der Waals surface area (Å²) in [5.41, 5.74) is 1.27. The molecule has 0 saturated carbocycles. The number of hydrogen-bond acceptors (Lipinski definition) is 2. The van der Waals surface area contributed by atoms with Crippen molar-refractivity contribution in [2.45, 2.75) is 26.3 Å². The lowest BCUT2D eigenvalue weighted by molar-refractivity contribution is 0.688. The quantitative estimate of drug-likeness (QED) is 0.536. The lowest BCUT2D eigenvalue weighted by Gasteiger charge is -1.98. The van der Waals surface area contributed by atoms with E-state index in [4.69, 9.17) is 0 Å². The van der Waals surface area contributed by atoms with Crippen LogP contribution >= 0.6 is 0 Å². The van der Waals surface area contributed by atoms with Crippen molar-refractivity contribution in [1.82, 2.24) is 5.32 Å². The van der Waals surface area contributed by atoms with Crippen LogP contribution in [0.3, 0.4) is 0 Å². The van der Waals surface area contributed by atoms with Crippen LogP contribution in [0.4, 0.5) is 0 Å². The summed E-state index contributed by atoms with van der Waals surface area (Å²) in [5, 5.41) is 3.34. The van der Waals surface area contributed by atoms with Crippen LogP contribution in [0.1, 0.15) is 25.3 Å². The third-order valence-electron chi connectivity index (χ3n) is 2.12. The predicted molar refractivity (Wildman–Crippen MR) is 66.4 cm³/mol. The van der Waals surface area contributed by atoms with Gasteiger partial charge in [0.15, 0.2) is 0 Å². The van der Waals surface area contributed by atoms with Gasteiger partial charge in [0, 0.05) is 12.8 Å². The normalized spacial score (nSPS) is 11.0. The maximum Gasteiger partial charge on any atom is 0.0635 e. The van der Waals surface area contributed by atoms with Crippen LogP contribution in [-0.2, 0) is 6.54 Å². The van der Waals surface area contributed by atoms with Crippen molar-refractivity contribution in [2.75, 3.05) is 13.1 Å². The highest BCUT2D eigenvalue weighted by molar-refractivity contribution is 5.57. The highest BCUT2D eigenvalue weighted by atomic mass is 14.8. The molecule has 0 aromatic heterocycles. The molecule has 2 nitrogen and oxygen atoms in total. The number of nitrogens with zero attached hydrogens (tertiary/aromatic N) is 1. The summed E-state index contributed by atoms with van der Waals surface area (Å²) in [6, 6.07) is 10.3. The van der Waals surface area contributed by atoms with Crippen LogP contribution in [-0.4, -0.2) is 19.3 Å². The molecular formula is C13H20N2. The predicted octanol–water partition coefficient (Wildman–Crippen LogP) is 2.65. The van der Waals surface area contributed by atoms with E-state index in [-0.39, 0.29) is 0 Å². The van der Waals surface area contributed by atoms with Gasteiger partial charge >= 0.3 is 0 Å². The van der Waals surface area contributed by atoms with E-state index in [1.165, 1.54) is 12.0 Å². The van der Waals surface area contributed by atoms with Gasteiger partial charge in [-0.15, -0.1) is 0 Å². The molecule has 1 aromatic rings. The Morgan fingerprint density at radius 1 is 1.20 bits per heavy atom. The molecule has 0 amide bonds. The molecule has 0 atom stereocenters. The Morgan fingerprint density at radius 2 is 2.00 bits per heavy atom. The van der Waals surface area contributed by atoms with Crippen LogP contribution in [0.25, 0.3) is 0 Å². The van der Waals surface area contributed by atoms with Crippen LogP contribution in [0.5, 0.6) is 0 Å². The standard InChI is InChI=1S/C13H20N2/c1-2-9-14-10-6-11-15-12-13-7-4-3-5-8-13/h3-5,7-8,11,14H,2,6,9-10,12H2,1H3. The van der Waals surface area contributed by atoms with Gasteiger partial charge in [-0.3, -0.25) is 4.99 Å². The van der Waals surface area contributed by atoms with Gasteiger partial charge in [0.25, 0.3) is 0 Å². The monoisotopic (exact) mass is 204 g/mol. The number of aliphatic imine (C=N–C) groups is 1. The van der Waals surface area contributed by atoms with E-state index in [1.54, 1.807) is 0 Å². The lowest BCUT2D eigenvalue weighted by Crippen LogP contribution is -2.15. The Kier molecular flexibility index (Phi) is 6.50. The highest BCUT2D eigenvalue weighted by Gasteiger charge is 1.86. The van der Waals surface area contributed by atoms with Crippen molar-refractivity contribution >= 4 is 6.21 Å². The van der Waals surface area contributed by atoms with E-state index in [2.05, 4.69) is 29.4 Å². The van der Waals surface area contributed by atoms with Gasteiger partial charge in [-0.2, -0.15) is 0 Å². The Bertz CT molecular complexity index is 267. The van der Waals surface area contributed by atoms with Crippen LogP contribution in [0.15, 0.2) is 35.3 Å². The van der Waals surface area contributed by atoms with Crippen molar-refractivity contribution in [3.8, 4) is 0 Å². The molecule has 0 saturated heterocycles. The first-order chi connectivity index (χ1) is 7.43. The van der Waals surface area contributed by atoms with E-state index in [9.17, 15) is 0 Å². The molecule has 0 radical (unpaired) electrons. The average molecular weight is 204 g/mol. The topological polar surface area (TPSA) is 24.4 Å². The Hall–Kier alpha value is -1.15. The van der Waals surface area contributed by atoms with E-state index < -0.39 is 0 Å². The number of rotatable bonds is 7. The summed E-state index contributed by atoms with van der Waals surface area (Å²) in [6.45, 7) is 5.11. The van der Waals surface area contributed by atoms with Crippen LogP contribution in [0, 0.1) is 0 Å². The summed E-state index contributed by atoms with van der Waals surface area (Å²) in [5.74, 6) is 0. The lowest BCUT2D eigenvalue weighted by atomic mass is 10.2. The Labute approximate surface area is 92.4 Å². The molecule has 0 aliphatic carbocycles. The zero-order chi connectivity index (χ0) is 10.8. The summed E-state index contributed by atoms with van der Waals surface area (Å²) in [4.78, 5) is 4.37. The summed E-state index contributed by atoms with van der Waals surface area (Å²) in [6.07, 6.45) is 4.23.